The number of carbonyl (C=O) groups excluding carboxylic acids is 1. The average molecular weight is 263 g/mol. The minimum atomic E-state index is -2.81. The lowest BCUT2D eigenvalue weighted by atomic mass is 9.77. The Kier molecular flexibility index (Phi) is 5.50. The maximum Gasteiger partial charge on any atom is 0.265 e. The zero-order valence-corrected chi connectivity index (χ0v) is 11.1. The molecular formula is C13H23F2NO2. The van der Waals surface area contributed by atoms with Gasteiger partial charge in [0.1, 0.15) is 6.10 Å². The zero-order chi connectivity index (χ0) is 13.8. The fraction of sp³-hybridized carbons (Fsp3) is 0.923. The molecule has 0 aromatic carbocycles. The van der Waals surface area contributed by atoms with Gasteiger partial charge in [-0.3, -0.25) is 4.79 Å². The average Bonchev–Trinajstić information content (AvgIpc) is 2.73. The highest BCUT2D eigenvalue weighted by Gasteiger charge is 2.41. The van der Waals surface area contributed by atoms with E-state index in [1.54, 1.807) is 0 Å². The molecule has 0 heterocycles. The van der Waals surface area contributed by atoms with E-state index in [2.05, 4.69) is 19.2 Å². The van der Waals surface area contributed by atoms with E-state index in [9.17, 15) is 13.6 Å². The number of hydrogen-bond acceptors (Lipinski definition) is 2. The first-order valence-corrected chi connectivity index (χ1v) is 6.62. The molecule has 18 heavy (non-hydrogen) atoms. The third kappa shape index (κ3) is 3.90. The second kappa shape index (κ2) is 6.45. The van der Waals surface area contributed by atoms with Crippen LogP contribution in [-0.2, 0) is 4.79 Å². The monoisotopic (exact) mass is 263 g/mol. The smallest absolute Gasteiger partial charge is 0.265 e. The molecule has 0 aromatic heterocycles. The van der Waals surface area contributed by atoms with Crippen molar-refractivity contribution in [1.82, 2.24) is 5.32 Å². The zero-order valence-electron chi connectivity index (χ0n) is 11.1. The molecule has 1 fully saturated rings. The highest BCUT2D eigenvalue weighted by molar-refractivity contribution is 5.82. The van der Waals surface area contributed by atoms with E-state index in [1.165, 1.54) is 0 Å². The van der Waals surface area contributed by atoms with E-state index >= 15 is 0 Å². The Morgan fingerprint density at radius 1 is 1.33 bits per heavy atom. The van der Waals surface area contributed by atoms with Crippen LogP contribution in [0.3, 0.4) is 0 Å². The highest BCUT2D eigenvalue weighted by Crippen LogP contribution is 2.43. The van der Waals surface area contributed by atoms with Gasteiger partial charge in [-0.2, -0.15) is 0 Å². The molecule has 0 aliphatic heterocycles. The summed E-state index contributed by atoms with van der Waals surface area (Å²) in [6.07, 6.45) is -0.135. The first-order chi connectivity index (χ1) is 8.37. The van der Waals surface area contributed by atoms with Gasteiger partial charge in [0.2, 0.25) is 5.91 Å². The van der Waals surface area contributed by atoms with Crippen molar-refractivity contribution in [1.29, 1.82) is 0 Å². The molecule has 1 aliphatic carbocycles. The van der Waals surface area contributed by atoms with Crippen LogP contribution in [0, 0.1) is 11.3 Å². The van der Waals surface area contributed by atoms with E-state index in [-0.39, 0.29) is 12.5 Å². The lowest BCUT2D eigenvalue weighted by molar-refractivity contribution is -0.132. The van der Waals surface area contributed by atoms with Gasteiger partial charge in [-0.05, 0) is 25.2 Å². The van der Waals surface area contributed by atoms with Crippen molar-refractivity contribution >= 4 is 5.91 Å². The maximum absolute atomic E-state index is 12.2. The number of hydrogen-bond donors (Lipinski definition) is 2. The molecule has 1 unspecified atom stereocenters. The van der Waals surface area contributed by atoms with Gasteiger partial charge in [0, 0.05) is 12.0 Å². The summed E-state index contributed by atoms with van der Waals surface area (Å²) in [6.45, 7) is 3.75. The molecule has 1 aliphatic rings. The van der Waals surface area contributed by atoms with Crippen molar-refractivity contribution in [3.8, 4) is 0 Å². The summed E-state index contributed by atoms with van der Waals surface area (Å²) < 4.78 is 24.3. The molecule has 106 valence electrons. The molecule has 2 N–H and O–H groups in total. The molecule has 1 amide bonds. The summed E-state index contributed by atoms with van der Waals surface area (Å²) in [5, 5.41) is 11.5. The van der Waals surface area contributed by atoms with E-state index in [1.807, 2.05) is 0 Å². The van der Waals surface area contributed by atoms with E-state index in [0.29, 0.717) is 5.92 Å². The van der Waals surface area contributed by atoms with Gasteiger partial charge in [-0.1, -0.05) is 26.7 Å². The SMILES string of the molecule is CC(C)CC1(C(=O)NCC(O)C(F)F)CCCC1. The third-order valence-electron chi connectivity index (χ3n) is 3.60. The molecule has 5 heteroatoms. The fourth-order valence-electron chi connectivity index (χ4n) is 2.83. The number of nitrogens with one attached hydrogen (secondary N) is 1. The van der Waals surface area contributed by atoms with Crippen LogP contribution in [-0.4, -0.2) is 30.1 Å². The Labute approximate surface area is 107 Å². The summed E-state index contributed by atoms with van der Waals surface area (Å²) >= 11 is 0. The Morgan fingerprint density at radius 3 is 2.33 bits per heavy atom. The lowest BCUT2D eigenvalue weighted by Crippen LogP contribution is -2.44. The van der Waals surface area contributed by atoms with Crippen molar-refractivity contribution < 1.29 is 18.7 Å². The van der Waals surface area contributed by atoms with Crippen LogP contribution in [0.4, 0.5) is 8.78 Å². The predicted octanol–water partition coefficient (Wildman–Crippen LogP) is 2.34. The topological polar surface area (TPSA) is 49.3 Å². The van der Waals surface area contributed by atoms with Crippen LogP contribution in [0.2, 0.25) is 0 Å². The number of aliphatic hydroxyl groups is 1. The summed E-state index contributed by atoms with van der Waals surface area (Å²) in [5.74, 6) is 0.224. The van der Waals surface area contributed by atoms with E-state index < -0.39 is 17.9 Å². The molecule has 1 rings (SSSR count). The number of halogens is 2. The van der Waals surface area contributed by atoms with Crippen molar-refractivity contribution in [2.24, 2.45) is 11.3 Å². The first-order valence-electron chi connectivity index (χ1n) is 6.62. The molecule has 0 aromatic rings. The van der Waals surface area contributed by atoms with Crippen LogP contribution >= 0.6 is 0 Å². The van der Waals surface area contributed by atoms with Gasteiger partial charge in [-0.25, -0.2) is 8.78 Å². The number of amides is 1. The predicted molar refractivity (Wildman–Crippen MR) is 65.4 cm³/mol. The van der Waals surface area contributed by atoms with Gasteiger partial charge in [0.15, 0.2) is 0 Å². The normalized spacial score (nSPS) is 20.4. The molecular weight excluding hydrogens is 240 g/mol. The second-order valence-corrected chi connectivity index (χ2v) is 5.70. The van der Waals surface area contributed by atoms with E-state index in [4.69, 9.17) is 5.11 Å². The molecule has 1 atom stereocenters. The van der Waals surface area contributed by atoms with Crippen molar-refractivity contribution in [2.45, 2.75) is 58.5 Å². The Hall–Kier alpha value is -0.710. The fourth-order valence-corrected chi connectivity index (χ4v) is 2.83. The number of aliphatic hydroxyl groups excluding tert-OH is 1. The van der Waals surface area contributed by atoms with Crippen molar-refractivity contribution in [3.63, 3.8) is 0 Å². The largest absolute Gasteiger partial charge is 0.385 e. The van der Waals surface area contributed by atoms with Crippen LogP contribution in [0.15, 0.2) is 0 Å². The van der Waals surface area contributed by atoms with E-state index in [0.717, 1.165) is 32.1 Å². The van der Waals surface area contributed by atoms with Crippen molar-refractivity contribution in [2.75, 3.05) is 6.54 Å². The third-order valence-corrected chi connectivity index (χ3v) is 3.60. The quantitative estimate of drug-likeness (QED) is 0.772. The van der Waals surface area contributed by atoms with Gasteiger partial charge in [-0.15, -0.1) is 0 Å². The van der Waals surface area contributed by atoms with Crippen LogP contribution in [0.1, 0.15) is 46.0 Å². The van der Waals surface area contributed by atoms with Gasteiger partial charge < -0.3 is 10.4 Å². The minimum Gasteiger partial charge on any atom is -0.385 e. The Morgan fingerprint density at radius 2 is 1.89 bits per heavy atom. The second-order valence-electron chi connectivity index (χ2n) is 5.70. The molecule has 0 saturated heterocycles. The molecule has 0 bridgehead atoms. The summed E-state index contributed by atoms with van der Waals surface area (Å²) in [7, 11) is 0. The molecule has 0 spiro atoms. The number of carbonyl (C=O) groups is 1. The standard InChI is InChI=1S/C13H23F2NO2/c1-9(2)7-13(5-3-4-6-13)12(18)16-8-10(17)11(14)15/h9-11,17H,3-8H2,1-2H3,(H,16,18). The molecule has 1 saturated carbocycles. The highest BCUT2D eigenvalue weighted by atomic mass is 19.3. The van der Waals surface area contributed by atoms with Gasteiger partial charge >= 0.3 is 0 Å². The van der Waals surface area contributed by atoms with Crippen LogP contribution in [0.25, 0.3) is 0 Å². The number of alkyl halides is 2. The molecule has 0 radical (unpaired) electrons. The van der Waals surface area contributed by atoms with Crippen molar-refractivity contribution in [3.05, 3.63) is 0 Å². The lowest BCUT2D eigenvalue weighted by Gasteiger charge is -2.30. The van der Waals surface area contributed by atoms with Gasteiger partial charge in [0.25, 0.3) is 6.43 Å². The Bertz CT molecular complexity index is 276. The minimum absolute atomic E-state index is 0.173. The Balaban J connectivity index is 2.55. The maximum atomic E-state index is 12.2. The van der Waals surface area contributed by atoms with Crippen LogP contribution in [0.5, 0.6) is 0 Å². The van der Waals surface area contributed by atoms with Crippen LogP contribution < -0.4 is 5.32 Å². The van der Waals surface area contributed by atoms with Gasteiger partial charge in [0.05, 0.1) is 0 Å². The summed E-state index contributed by atoms with van der Waals surface area (Å²) in [4.78, 5) is 12.2. The first kappa shape index (κ1) is 15.3. The molecule has 3 nitrogen and oxygen atoms in total. The summed E-state index contributed by atoms with van der Waals surface area (Å²) in [5.41, 5.74) is -0.407. The number of rotatable bonds is 6. The summed E-state index contributed by atoms with van der Waals surface area (Å²) in [6, 6.07) is 0.